The molecular formula is C17H18ClN3O3. The maximum atomic E-state index is 12.1. The number of carbonyl (C=O) groups excluding carboxylic acids is 1. The highest BCUT2D eigenvalue weighted by molar-refractivity contribution is 6.31. The van der Waals surface area contributed by atoms with Gasteiger partial charge in [0.25, 0.3) is 5.69 Å². The normalized spacial score (nSPS) is 10.7. The van der Waals surface area contributed by atoms with Gasteiger partial charge < -0.3 is 5.32 Å². The molecule has 0 unspecified atom stereocenters. The van der Waals surface area contributed by atoms with Gasteiger partial charge in [0.2, 0.25) is 5.91 Å². The van der Waals surface area contributed by atoms with Gasteiger partial charge in [-0.3, -0.25) is 19.8 Å². The molecule has 2 aromatic carbocycles. The Morgan fingerprint density at radius 2 is 1.92 bits per heavy atom. The number of carbonyl (C=O) groups is 1. The van der Waals surface area contributed by atoms with E-state index in [0.29, 0.717) is 6.54 Å². The minimum absolute atomic E-state index is 0.119. The van der Waals surface area contributed by atoms with Crippen molar-refractivity contribution in [1.82, 2.24) is 4.90 Å². The van der Waals surface area contributed by atoms with Gasteiger partial charge in [-0.1, -0.05) is 41.4 Å². The first-order valence-electron chi connectivity index (χ1n) is 7.33. The van der Waals surface area contributed by atoms with E-state index in [1.165, 1.54) is 23.8 Å². The van der Waals surface area contributed by atoms with Crippen molar-refractivity contribution in [2.24, 2.45) is 0 Å². The van der Waals surface area contributed by atoms with E-state index in [1.807, 2.05) is 43.1 Å². The van der Waals surface area contributed by atoms with Crippen LogP contribution in [-0.2, 0) is 11.3 Å². The van der Waals surface area contributed by atoms with Crippen molar-refractivity contribution in [3.05, 3.63) is 68.7 Å². The summed E-state index contributed by atoms with van der Waals surface area (Å²) in [6, 6.07) is 12.2. The number of anilines is 1. The molecule has 0 aliphatic rings. The third-order valence-corrected chi connectivity index (χ3v) is 3.65. The molecule has 0 saturated heterocycles. The fourth-order valence-electron chi connectivity index (χ4n) is 2.26. The molecule has 0 bridgehead atoms. The van der Waals surface area contributed by atoms with E-state index in [4.69, 9.17) is 11.6 Å². The summed E-state index contributed by atoms with van der Waals surface area (Å²) < 4.78 is 0. The van der Waals surface area contributed by atoms with Crippen molar-refractivity contribution in [3.8, 4) is 0 Å². The van der Waals surface area contributed by atoms with E-state index in [0.717, 1.165) is 5.56 Å². The van der Waals surface area contributed by atoms with E-state index >= 15 is 0 Å². The molecule has 2 aromatic rings. The van der Waals surface area contributed by atoms with Crippen molar-refractivity contribution in [3.63, 3.8) is 0 Å². The molecule has 0 aliphatic carbocycles. The highest BCUT2D eigenvalue weighted by Crippen LogP contribution is 2.27. The molecule has 0 spiro atoms. The van der Waals surface area contributed by atoms with Crippen LogP contribution in [0.15, 0.2) is 42.5 Å². The van der Waals surface area contributed by atoms with Gasteiger partial charge in [0.1, 0.15) is 5.69 Å². The highest BCUT2D eigenvalue weighted by atomic mass is 35.5. The maximum Gasteiger partial charge on any atom is 0.294 e. The second kappa shape index (κ2) is 7.90. The van der Waals surface area contributed by atoms with Crippen LogP contribution in [-0.4, -0.2) is 29.3 Å². The molecule has 7 heteroatoms. The lowest BCUT2D eigenvalue weighted by Crippen LogP contribution is -2.30. The highest BCUT2D eigenvalue weighted by Gasteiger charge is 2.17. The molecule has 24 heavy (non-hydrogen) atoms. The number of halogens is 1. The van der Waals surface area contributed by atoms with Crippen LogP contribution in [0.2, 0.25) is 5.02 Å². The Kier molecular flexibility index (Phi) is 5.89. The standard InChI is InChI=1S/C17H18ClN3O3/c1-12-3-5-13(6-4-12)10-20(2)11-17(22)19-15-8-7-14(18)9-16(15)21(23)24/h3-9H,10-11H2,1-2H3,(H,19,22). The van der Waals surface area contributed by atoms with Gasteiger partial charge in [-0.25, -0.2) is 0 Å². The van der Waals surface area contributed by atoms with Gasteiger partial charge >= 0.3 is 0 Å². The number of rotatable bonds is 6. The van der Waals surface area contributed by atoms with Crippen LogP contribution >= 0.6 is 11.6 Å². The summed E-state index contributed by atoms with van der Waals surface area (Å²) in [5, 5.41) is 13.8. The Bertz CT molecular complexity index is 747. The molecule has 0 aromatic heterocycles. The molecule has 126 valence electrons. The monoisotopic (exact) mass is 347 g/mol. The lowest BCUT2D eigenvalue weighted by Gasteiger charge is -2.16. The number of hydrogen-bond donors (Lipinski definition) is 1. The topological polar surface area (TPSA) is 75.5 Å². The van der Waals surface area contributed by atoms with E-state index in [1.54, 1.807) is 0 Å². The third kappa shape index (κ3) is 5.04. The molecule has 2 rings (SSSR count). The number of amides is 1. The average Bonchev–Trinajstić information content (AvgIpc) is 2.51. The Morgan fingerprint density at radius 3 is 2.54 bits per heavy atom. The van der Waals surface area contributed by atoms with Crippen LogP contribution in [0.1, 0.15) is 11.1 Å². The van der Waals surface area contributed by atoms with Gasteiger partial charge in [0.15, 0.2) is 0 Å². The SMILES string of the molecule is Cc1ccc(CN(C)CC(=O)Nc2ccc(Cl)cc2[N+](=O)[O-])cc1. The lowest BCUT2D eigenvalue weighted by atomic mass is 10.1. The van der Waals surface area contributed by atoms with E-state index in [2.05, 4.69) is 5.32 Å². The van der Waals surface area contributed by atoms with Crippen LogP contribution in [0.3, 0.4) is 0 Å². The molecule has 0 heterocycles. The van der Waals surface area contributed by atoms with E-state index < -0.39 is 4.92 Å². The van der Waals surface area contributed by atoms with E-state index in [-0.39, 0.29) is 28.8 Å². The quantitative estimate of drug-likeness (QED) is 0.639. The lowest BCUT2D eigenvalue weighted by molar-refractivity contribution is -0.383. The fourth-order valence-corrected chi connectivity index (χ4v) is 2.42. The van der Waals surface area contributed by atoms with Gasteiger partial charge in [0, 0.05) is 17.6 Å². The molecule has 0 aliphatic heterocycles. The van der Waals surface area contributed by atoms with Gasteiger partial charge in [-0.15, -0.1) is 0 Å². The van der Waals surface area contributed by atoms with E-state index in [9.17, 15) is 14.9 Å². The van der Waals surface area contributed by atoms with Gasteiger partial charge in [-0.05, 0) is 31.7 Å². The van der Waals surface area contributed by atoms with Crippen molar-refractivity contribution in [2.75, 3.05) is 18.9 Å². The summed E-state index contributed by atoms with van der Waals surface area (Å²) in [5.74, 6) is -0.324. The number of nitrogens with one attached hydrogen (secondary N) is 1. The molecule has 1 N–H and O–H groups in total. The summed E-state index contributed by atoms with van der Waals surface area (Å²) in [6.07, 6.45) is 0. The Morgan fingerprint density at radius 1 is 1.25 bits per heavy atom. The van der Waals surface area contributed by atoms with Crippen molar-refractivity contribution in [1.29, 1.82) is 0 Å². The molecule has 0 fully saturated rings. The second-order valence-corrected chi connectivity index (χ2v) is 6.06. The molecule has 6 nitrogen and oxygen atoms in total. The fraction of sp³-hybridized carbons (Fsp3) is 0.235. The third-order valence-electron chi connectivity index (χ3n) is 3.42. The van der Waals surface area contributed by atoms with Crippen molar-refractivity contribution >= 4 is 28.9 Å². The Hall–Kier alpha value is -2.44. The summed E-state index contributed by atoms with van der Waals surface area (Å²) in [6.45, 7) is 2.74. The number of hydrogen-bond acceptors (Lipinski definition) is 4. The molecule has 1 amide bonds. The molecular weight excluding hydrogens is 330 g/mol. The molecule has 0 saturated carbocycles. The Labute approximate surface area is 145 Å². The summed E-state index contributed by atoms with van der Waals surface area (Å²) >= 11 is 5.76. The summed E-state index contributed by atoms with van der Waals surface area (Å²) in [5.41, 5.74) is 2.18. The van der Waals surface area contributed by atoms with Crippen LogP contribution in [0.5, 0.6) is 0 Å². The first kappa shape index (κ1) is 17.9. The van der Waals surface area contributed by atoms with Gasteiger partial charge in [0.05, 0.1) is 11.5 Å². The van der Waals surface area contributed by atoms with Crippen LogP contribution in [0, 0.1) is 17.0 Å². The minimum atomic E-state index is -0.572. The van der Waals surface area contributed by atoms with Crippen molar-refractivity contribution in [2.45, 2.75) is 13.5 Å². The number of likely N-dealkylation sites (N-methyl/N-ethyl adjacent to an activating group) is 1. The summed E-state index contributed by atoms with van der Waals surface area (Å²) in [7, 11) is 1.82. The van der Waals surface area contributed by atoms with Crippen LogP contribution in [0.4, 0.5) is 11.4 Å². The summed E-state index contributed by atoms with van der Waals surface area (Å²) in [4.78, 5) is 24.4. The molecule has 0 radical (unpaired) electrons. The first-order valence-corrected chi connectivity index (χ1v) is 7.71. The minimum Gasteiger partial charge on any atom is -0.319 e. The average molecular weight is 348 g/mol. The predicted molar refractivity (Wildman–Crippen MR) is 94.2 cm³/mol. The first-order chi connectivity index (χ1) is 11.3. The number of nitrogens with zero attached hydrogens (tertiary/aromatic N) is 2. The second-order valence-electron chi connectivity index (χ2n) is 5.62. The number of nitro groups is 1. The zero-order chi connectivity index (χ0) is 17.7. The number of nitro benzene ring substituents is 1. The largest absolute Gasteiger partial charge is 0.319 e. The molecule has 0 atom stereocenters. The van der Waals surface area contributed by atoms with Gasteiger partial charge in [-0.2, -0.15) is 0 Å². The smallest absolute Gasteiger partial charge is 0.294 e. The predicted octanol–water partition coefficient (Wildman–Crippen LogP) is 3.63. The van der Waals surface area contributed by atoms with Crippen LogP contribution in [0.25, 0.3) is 0 Å². The number of benzene rings is 2. The van der Waals surface area contributed by atoms with Crippen LogP contribution < -0.4 is 5.32 Å². The zero-order valence-electron chi connectivity index (χ0n) is 13.5. The van der Waals surface area contributed by atoms with Crippen molar-refractivity contribution < 1.29 is 9.72 Å². The Balaban J connectivity index is 1.98. The zero-order valence-corrected chi connectivity index (χ0v) is 14.2. The maximum absolute atomic E-state index is 12.1. The number of aryl methyl sites for hydroxylation is 1.